The molecule has 0 saturated carbocycles. The molecule has 0 unspecified atom stereocenters. The highest BCUT2D eigenvalue weighted by atomic mass is 19.1. The van der Waals surface area contributed by atoms with Crippen LogP contribution in [-0.2, 0) is 11.2 Å². The molecule has 0 radical (unpaired) electrons. The Kier molecular flexibility index (Phi) is 4.34. The normalized spacial score (nSPS) is 13.0. The van der Waals surface area contributed by atoms with Crippen molar-refractivity contribution in [1.29, 1.82) is 0 Å². The lowest BCUT2D eigenvalue weighted by molar-refractivity contribution is -0.116. The minimum atomic E-state index is -0.841. The van der Waals surface area contributed by atoms with E-state index in [-0.39, 0.29) is 29.4 Å². The fraction of sp³-hybridized carbons (Fsp3) is 0.105. The fourth-order valence-corrected chi connectivity index (χ4v) is 2.93. The number of fused-ring (bicyclic) bond motifs is 1. The van der Waals surface area contributed by atoms with Gasteiger partial charge in [-0.2, -0.15) is 5.10 Å². The first-order valence-corrected chi connectivity index (χ1v) is 8.35. The molecule has 9 heteroatoms. The van der Waals surface area contributed by atoms with Crippen LogP contribution in [0.4, 0.5) is 24.5 Å². The second kappa shape index (κ2) is 6.84. The van der Waals surface area contributed by atoms with E-state index in [0.29, 0.717) is 23.7 Å². The molecular weight excluding hydrogens is 373 g/mol. The molecule has 1 aromatic heterocycles. The van der Waals surface area contributed by atoms with Crippen LogP contribution >= 0.6 is 0 Å². The zero-order chi connectivity index (χ0) is 19.8. The van der Waals surface area contributed by atoms with Gasteiger partial charge in [0.25, 0.3) is 5.91 Å². The lowest BCUT2D eigenvalue weighted by Crippen LogP contribution is -2.20. The van der Waals surface area contributed by atoms with Gasteiger partial charge < -0.3 is 10.6 Å². The number of halogens is 3. The van der Waals surface area contributed by atoms with Crippen LogP contribution in [0.25, 0.3) is 5.69 Å². The van der Waals surface area contributed by atoms with Crippen molar-refractivity contribution in [1.82, 2.24) is 9.78 Å². The molecule has 2 aromatic carbocycles. The van der Waals surface area contributed by atoms with Gasteiger partial charge in [-0.1, -0.05) is 0 Å². The van der Waals surface area contributed by atoms with Gasteiger partial charge in [0.2, 0.25) is 5.91 Å². The summed E-state index contributed by atoms with van der Waals surface area (Å²) in [6, 6.07) is 6.87. The number of benzene rings is 2. The van der Waals surface area contributed by atoms with Crippen molar-refractivity contribution in [3.63, 3.8) is 0 Å². The molecule has 28 heavy (non-hydrogen) atoms. The molecular formula is C19H13F3N4O2. The van der Waals surface area contributed by atoms with E-state index in [1.54, 1.807) is 0 Å². The zero-order valence-electron chi connectivity index (χ0n) is 14.3. The number of anilines is 2. The number of nitrogens with one attached hydrogen (secondary N) is 2. The van der Waals surface area contributed by atoms with E-state index in [2.05, 4.69) is 15.7 Å². The third-order valence-electron chi connectivity index (χ3n) is 4.31. The van der Waals surface area contributed by atoms with Gasteiger partial charge in [0.15, 0.2) is 11.5 Å². The van der Waals surface area contributed by atoms with E-state index in [1.165, 1.54) is 30.5 Å². The van der Waals surface area contributed by atoms with E-state index in [9.17, 15) is 22.8 Å². The van der Waals surface area contributed by atoms with Crippen molar-refractivity contribution >= 4 is 23.2 Å². The Hall–Kier alpha value is -3.62. The Balaban J connectivity index is 1.57. The number of hydrogen-bond donors (Lipinski definition) is 2. The summed E-state index contributed by atoms with van der Waals surface area (Å²) in [6.07, 6.45) is 2.02. The number of amides is 2. The molecule has 3 aromatic rings. The van der Waals surface area contributed by atoms with Crippen molar-refractivity contribution in [2.75, 3.05) is 10.6 Å². The van der Waals surface area contributed by atoms with Crippen LogP contribution in [0.15, 0.2) is 42.6 Å². The van der Waals surface area contributed by atoms with Crippen LogP contribution in [0.3, 0.4) is 0 Å². The summed E-state index contributed by atoms with van der Waals surface area (Å²) >= 11 is 0. The Morgan fingerprint density at radius 3 is 2.68 bits per heavy atom. The van der Waals surface area contributed by atoms with Gasteiger partial charge in [-0.05, 0) is 42.3 Å². The van der Waals surface area contributed by atoms with E-state index >= 15 is 0 Å². The largest absolute Gasteiger partial charge is 0.326 e. The van der Waals surface area contributed by atoms with Crippen LogP contribution in [0.1, 0.15) is 22.5 Å². The summed E-state index contributed by atoms with van der Waals surface area (Å²) in [5.74, 6) is -3.13. The van der Waals surface area contributed by atoms with Crippen LogP contribution in [0.2, 0.25) is 0 Å². The predicted octanol–water partition coefficient (Wildman–Crippen LogP) is 3.43. The molecule has 1 aliphatic heterocycles. The molecule has 2 heterocycles. The fourth-order valence-electron chi connectivity index (χ4n) is 2.93. The van der Waals surface area contributed by atoms with E-state index in [4.69, 9.17) is 0 Å². The maximum Gasteiger partial charge on any atom is 0.276 e. The maximum atomic E-state index is 14.3. The molecule has 0 spiro atoms. The monoisotopic (exact) mass is 386 g/mol. The summed E-state index contributed by atoms with van der Waals surface area (Å²) < 4.78 is 42.2. The minimum Gasteiger partial charge on any atom is -0.326 e. The number of carbonyl (C=O) groups excluding carboxylic acids is 2. The molecule has 0 bridgehead atoms. The SMILES string of the molecule is O=C1CCc2cc(F)c(NC(=O)c3ccn(-c4ccc(F)cc4F)n3)cc2N1. The summed E-state index contributed by atoms with van der Waals surface area (Å²) in [4.78, 5) is 23.9. The molecule has 0 saturated heterocycles. The van der Waals surface area contributed by atoms with Crippen molar-refractivity contribution in [2.24, 2.45) is 0 Å². The number of rotatable bonds is 3. The lowest BCUT2D eigenvalue weighted by atomic mass is 10.0. The first-order valence-electron chi connectivity index (χ1n) is 8.35. The molecule has 1 aliphatic rings. The summed E-state index contributed by atoms with van der Waals surface area (Å²) in [6.45, 7) is 0. The van der Waals surface area contributed by atoms with Crippen LogP contribution < -0.4 is 10.6 Å². The van der Waals surface area contributed by atoms with Gasteiger partial charge in [-0.3, -0.25) is 9.59 Å². The Morgan fingerprint density at radius 1 is 1.07 bits per heavy atom. The quantitative estimate of drug-likeness (QED) is 0.724. The van der Waals surface area contributed by atoms with E-state index < -0.39 is 23.4 Å². The van der Waals surface area contributed by atoms with Gasteiger partial charge in [-0.15, -0.1) is 0 Å². The van der Waals surface area contributed by atoms with Gasteiger partial charge in [-0.25, -0.2) is 17.9 Å². The molecule has 2 amide bonds. The number of hydrogen-bond acceptors (Lipinski definition) is 3. The number of carbonyl (C=O) groups is 2. The van der Waals surface area contributed by atoms with Crippen LogP contribution in [-0.4, -0.2) is 21.6 Å². The number of aryl methyl sites for hydroxylation is 1. The van der Waals surface area contributed by atoms with Crippen LogP contribution in [0, 0.1) is 17.5 Å². The van der Waals surface area contributed by atoms with E-state index in [0.717, 1.165) is 10.7 Å². The lowest BCUT2D eigenvalue weighted by Gasteiger charge is -2.18. The molecule has 0 fully saturated rings. The average Bonchev–Trinajstić information content (AvgIpc) is 3.12. The standard InChI is InChI=1S/C19H13F3N4O2/c20-11-2-3-17(13(22)8-11)26-6-5-14(25-26)19(28)24-16-9-15-10(7-12(16)21)1-4-18(27)23-15/h2-3,5-9H,1,4H2,(H,23,27)(H,24,28). The van der Waals surface area contributed by atoms with Crippen molar-refractivity contribution in [2.45, 2.75) is 12.8 Å². The first kappa shape index (κ1) is 17.8. The van der Waals surface area contributed by atoms with Gasteiger partial charge in [0.1, 0.15) is 17.3 Å². The molecule has 6 nitrogen and oxygen atoms in total. The molecule has 4 rings (SSSR count). The predicted molar refractivity (Wildman–Crippen MR) is 94.8 cm³/mol. The first-order chi connectivity index (χ1) is 13.4. The van der Waals surface area contributed by atoms with Gasteiger partial charge in [0, 0.05) is 24.4 Å². The molecule has 142 valence electrons. The van der Waals surface area contributed by atoms with Gasteiger partial charge >= 0.3 is 0 Å². The highest BCUT2D eigenvalue weighted by molar-refractivity contribution is 6.03. The van der Waals surface area contributed by atoms with Crippen molar-refractivity contribution < 1.29 is 22.8 Å². The Labute approximate surface area is 157 Å². The summed E-state index contributed by atoms with van der Waals surface area (Å²) in [7, 11) is 0. The molecule has 2 N–H and O–H groups in total. The van der Waals surface area contributed by atoms with E-state index in [1.807, 2.05) is 0 Å². The van der Waals surface area contributed by atoms with Gasteiger partial charge in [0.05, 0.1) is 5.69 Å². The zero-order valence-corrected chi connectivity index (χ0v) is 14.3. The summed E-state index contributed by atoms with van der Waals surface area (Å²) in [5.41, 5.74) is 0.833. The smallest absolute Gasteiger partial charge is 0.276 e. The summed E-state index contributed by atoms with van der Waals surface area (Å²) in [5, 5.41) is 8.96. The third kappa shape index (κ3) is 3.34. The Bertz CT molecular complexity index is 1110. The van der Waals surface area contributed by atoms with Crippen LogP contribution in [0.5, 0.6) is 0 Å². The molecule has 0 aliphatic carbocycles. The Morgan fingerprint density at radius 2 is 1.89 bits per heavy atom. The average molecular weight is 386 g/mol. The minimum absolute atomic E-state index is 0.0388. The highest BCUT2D eigenvalue weighted by Gasteiger charge is 2.20. The maximum absolute atomic E-state index is 14.3. The number of aromatic nitrogens is 2. The van der Waals surface area contributed by atoms with Crippen molar-refractivity contribution in [3.8, 4) is 5.69 Å². The topological polar surface area (TPSA) is 76.0 Å². The third-order valence-corrected chi connectivity index (χ3v) is 4.31. The second-order valence-electron chi connectivity index (χ2n) is 6.23. The highest BCUT2D eigenvalue weighted by Crippen LogP contribution is 2.29. The van der Waals surface area contributed by atoms with Crippen molar-refractivity contribution in [3.05, 3.63) is 71.3 Å². The number of nitrogens with zero attached hydrogens (tertiary/aromatic N) is 2. The second-order valence-corrected chi connectivity index (χ2v) is 6.23. The molecule has 0 atom stereocenters.